The third-order valence-corrected chi connectivity index (χ3v) is 5.28. The molecule has 0 fully saturated rings. The standard InChI is InChI=1S/C26H24FN3O3/c1-3-4-15-33-20-12-9-18(10-13-20)25(31)29-24-16-19(11-14-22(24)27)30-17(2)28-23-8-6-5-7-21(23)26(30)32/h5-14,16H,3-4,15H2,1-2H3,(H,29,31). The van der Waals surface area contributed by atoms with Crippen LogP contribution in [0.15, 0.2) is 71.5 Å². The molecule has 6 nitrogen and oxygen atoms in total. The smallest absolute Gasteiger partial charge is 0.265 e. The maximum Gasteiger partial charge on any atom is 0.265 e. The van der Waals surface area contributed by atoms with E-state index in [1.54, 1.807) is 49.4 Å². The van der Waals surface area contributed by atoms with Crippen LogP contribution in [0.5, 0.6) is 5.75 Å². The van der Waals surface area contributed by atoms with Gasteiger partial charge >= 0.3 is 0 Å². The normalized spacial score (nSPS) is 10.9. The predicted octanol–water partition coefficient (Wildman–Crippen LogP) is 5.26. The highest BCUT2D eigenvalue weighted by atomic mass is 19.1. The number of carbonyl (C=O) groups is 1. The van der Waals surface area contributed by atoms with Crippen molar-refractivity contribution in [2.75, 3.05) is 11.9 Å². The number of fused-ring (bicyclic) bond motifs is 1. The minimum atomic E-state index is -0.605. The Morgan fingerprint density at radius 1 is 1.09 bits per heavy atom. The fourth-order valence-electron chi connectivity index (χ4n) is 3.53. The molecule has 1 aromatic heterocycles. The summed E-state index contributed by atoms with van der Waals surface area (Å²) in [6.45, 7) is 4.40. The molecule has 7 heteroatoms. The van der Waals surface area contributed by atoms with Gasteiger partial charge in [0, 0.05) is 5.56 Å². The minimum absolute atomic E-state index is 0.0276. The topological polar surface area (TPSA) is 73.2 Å². The summed E-state index contributed by atoms with van der Waals surface area (Å²) in [5.74, 6) is 0.0611. The monoisotopic (exact) mass is 445 g/mol. The van der Waals surface area contributed by atoms with Crippen LogP contribution in [0, 0.1) is 12.7 Å². The van der Waals surface area contributed by atoms with Gasteiger partial charge < -0.3 is 10.1 Å². The molecule has 0 spiro atoms. The summed E-state index contributed by atoms with van der Waals surface area (Å²) in [5, 5.41) is 3.05. The lowest BCUT2D eigenvalue weighted by molar-refractivity contribution is 0.102. The highest BCUT2D eigenvalue weighted by Crippen LogP contribution is 2.21. The molecule has 1 heterocycles. The van der Waals surface area contributed by atoms with Gasteiger partial charge in [0.25, 0.3) is 11.5 Å². The van der Waals surface area contributed by atoms with E-state index in [2.05, 4.69) is 17.2 Å². The second-order valence-electron chi connectivity index (χ2n) is 7.66. The van der Waals surface area contributed by atoms with Gasteiger partial charge in [0.1, 0.15) is 17.4 Å². The highest BCUT2D eigenvalue weighted by Gasteiger charge is 2.14. The average Bonchev–Trinajstić information content (AvgIpc) is 2.81. The number of hydrogen-bond donors (Lipinski definition) is 1. The van der Waals surface area contributed by atoms with Crippen LogP contribution in [-0.4, -0.2) is 22.1 Å². The molecule has 0 aliphatic carbocycles. The van der Waals surface area contributed by atoms with Gasteiger partial charge in [0.05, 0.1) is 28.9 Å². The molecule has 0 aliphatic rings. The third-order valence-electron chi connectivity index (χ3n) is 5.28. The Labute approximate surface area is 190 Å². The maximum atomic E-state index is 14.5. The zero-order chi connectivity index (χ0) is 23.4. The van der Waals surface area contributed by atoms with Gasteiger partial charge in [-0.3, -0.25) is 14.2 Å². The lowest BCUT2D eigenvalue weighted by Gasteiger charge is -2.13. The van der Waals surface area contributed by atoms with Crippen LogP contribution in [0.25, 0.3) is 16.6 Å². The summed E-state index contributed by atoms with van der Waals surface area (Å²) in [4.78, 5) is 30.2. The molecule has 0 bridgehead atoms. The van der Waals surface area contributed by atoms with Crippen molar-refractivity contribution in [1.29, 1.82) is 0 Å². The molecular weight excluding hydrogens is 421 g/mol. The number of aryl methyl sites for hydroxylation is 1. The van der Waals surface area contributed by atoms with E-state index in [1.807, 2.05) is 6.07 Å². The number of rotatable bonds is 7. The van der Waals surface area contributed by atoms with Crippen molar-refractivity contribution < 1.29 is 13.9 Å². The van der Waals surface area contributed by atoms with E-state index < -0.39 is 11.7 Å². The highest BCUT2D eigenvalue weighted by molar-refractivity contribution is 6.04. The van der Waals surface area contributed by atoms with Crippen molar-refractivity contribution in [1.82, 2.24) is 9.55 Å². The molecule has 0 saturated carbocycles. The molecule has 4 rings (SSSR count). The third kappa shape index (κ3) is 4.77. The molecular formula is C26H24FN3O3. The Kier molecular flexibility index (Phi) is 6.49. The van der Waals surface area contributed by atoms with Crippen LogP contribution < -0.4 is 15.6 Å². The van der Waals surface area contributed by atoms with E-state index in [1.165, 1.54) is 22.8 Å². The zero-order valence-corrected chi connectivity index (χ0v) is 18.5. The van der Waals surface area contributed by atoms with Crippen LogP contribution in [0.1, 0.15) is 35.9 Å². The van der Waals surface area contributed by atoms with Crippen molar-refractivity contribution in [3.63, 3.8) is 0 Å². The van der Waals surface area contributed by atoms with Crippen molar-refractivity contribution in [3.8, 4) is 11.4 Å². The Hall–Kier alpha value is -4.00. The van der Waals surface area contributed by atoms with E-state index in [0.717, 1.165) is 12.8 Å². The Morgan fingerprint density at radius 3 is 2.61 bits per heavy atom. The van der Waals surface area contributed by atoms with Gasteiger partial charge in [-0.15, -0.1) is 0 Å². The van der Waals surface area contributed by atoms with Crippen molar-refractivity contribution >= 4 is 22.5 Å². The van der Waals surface area contributed by atoms with E-state index in [-0.39, 0.29) is 11.2 Å². The van der Waals surface area contributed by atoms with E-state index in [4.69, 9.17) is 4.74 Å². The molecule has 0 aliphatic heterocycles. The number of benzene rings is 3. The Morgan fingerprint density at radius 2 is 1.85 bits per heavy atom. The van der Waals surface area contributed by atoms with Gasteiger partial charge in [-0.1, -0.05) is 25.5 Å². The van der Waals surface area contributed by atoms with Crippen LogP contribution in [0.3, 0.4) is 0 Å². The van der Waals surface area contributed by atoms with Gasteiger partial charge in [0.15, 0.2) is 0 Å². The molecule has 4 aromatic rings. The summed E-state index contributed by atoms with van der Waals surface area (Å²) >= 11 is 0. The lowest BCUT2D eigenvalue weighted by atomic mass is 10.2. The average molecular weight is 445 g/mol. The molecule has 0 atom stereocenters. The number of hydrogen-bond acceptors (Lipinski definition) is 4. The number of ether oxygens (including phenoxy) is 1. The summed E-state index contributed by atoms with van der Waals surface area (Å²) in [6, 6.07) is 17.8. The first kappa shape index (κ1) is 22.2. The van der Waals surface area contributed by atoms with Gasteiger partial charge in [0.2, 0.25) is 0 Å². The van der Waals surface area contributed by atoms with Crippen molar-refractivity contribution in [3.05, 3.63) is 94.3 Å². The predicted molar refractivity (Wildman–Crippen MR) is 127 cm³/mol. The van der Waals surface area contributed by atoms with Gasteiger partial charge in [-0.25, -0.2) is 9.37 Å². The maximum absolute atomic E-state index is 14.5. The number of halogens is 1. The molecule has 0 radical (unpaired) electrons. The number of para-hydroxylation sites is 1. The number of nitrogens with zero attached hydrogens (tertiary/aromatic N) is 2. The Bertz CT molecular complexity index is 1360. The number of nitrogens with one attached hydrogen (secondary N) is 1. The SMILES string of the molecule is CCCCOc1ccc(C(=O)Nc2cc(-n3c(C)nc4ccccc4c3=O)ccc2F)cc1. The second-order valence-corrected chi connectivity index (χ2v) is 7.66. The molecule has 1 N–H and O–H groups in total. The van der Waals surface area contributed by atoms with Crippen LogP contribution in [0.2, 0.25) is 0 Å². The first-order valence-electron chi connectivity index (χ1n) is 10.8. The quantitative estimate of drug-likeness (QED) is 0.394. The molecule has 168 valence electrons. The van der Waals surface area contributed by atoms with Crippen molar-refractivity contribution in [2.45, 2.75) is 26.7 Å². The summed E-state index contributed by atoms with van der Waals surface area (Å²) in [7, 11) is 0. The summed E-state index contributed by atoms with van der Waals surface area (Å²) < 4.78 is 21.5. The fourth-order valence-corrected chi connectivity index (χ4v) is 3.53. The number of carbonyl (C=O) groups excluding carboxylic acids is 1. The number of anilines is 1. The number of amides is 1. The number of unbranched alkanes of at least 4 members (excludes halogenated alkanes) is 1. The van der Waals surface area contributed by atoms with E-state index in [0.29, 0.717) is 40.3 Å². The molecule has 0 unspecified atom stereocenters. The second kappa shape index (κ2) is 9.65. The van der Waals surface area contributed by atoms with Crippen molar-refractivity contribution in [2.24, 2.45) is 0 Å². The minimum Gasteiger partial charge on any atom is -0.494 e. The Balaban J connectivity index is 1.60. The molecule has 1 amide bonds. The summed E-state index contributed by atoms with van der Waals surface area (Å²) in [5.41, 5.74) is 1.07. The lowest BCUT2D eigenvalue weighted by Crippen LogP contribution is -2.22. The van der Waals surface area contributed by atoms with Gasteiger partial charge in [-0.2, -0.15) is 0 Å². The van der Waals surface area contributed by atoms with Crippen LogP contribution in [0.4, 0.5) is 10.1 Å². The van der Waals surface area contributed by atoms with Crippen LogP contribution >= 0.6 is 0 Å². The molecule has 33 heavy (non-hydrogen) atoms. The summed E-state index contributed by atoms with van der Waals surface area (Å²) in [6.07, 6.45) is 1.99. The van der Waals surface area contributed by atoms with E-state index >= 15 is 0 Å². The van der Waals surface area contributed by atoms with E-state index in [9.17, 15) is 14.0 Å². The van der Waals surface area contributed by atoms with Gasteiger partial charge in [-0.05, 0) is 67.9 Å². The first-order valence-corrected chi connectivity index (χ1v) is 10.8. The fraction of sp³-hybridized carbons (Fsp3) is 0.192. The zero-order valence-electron chi connectivity index (χ0n) is 18.5. The largest absolute Gasteiger partial charge is 0.494 e. The molecule has 0 saturated heterocycles. The number of aromatic nitrogens is 2. The van der Waals surface area contributed by atoms with Crippen LogP contribution in [-0.2, 0) is 0 Å². The molecule has 3 aromatic carbocycles. The first-order chi connectivity index (χ1) is 16.0.